The molecule has 0 atom stereocenters. The molecule has 1 amide bonds. The van der Waals surface area contributed by atoms with E-state index in [-0.39, 0.29) is 5.91 Å². The highest BCUT2D eigenvalue weighted by molar-refractivity contribution is 5.95. The number of anilines is 2. The lowest BCUT2D eigenvalue weighted by molar-refractivity contribution is 0.0746. The molecule has 1 aliphatic heterocycles. The van der Waals surface area contributed by atoms with Crippen molar-refractivity contribution in [2.45, 2.75) is 6.61 Å². The molecule has 0 bridgehead atoms. The van der Waals surface area contributed by atoms with Crippen LogP contribution < -0.4 is 19.3 Å². The Balaban J connectivity index is 1.43. The van der Waals surface area contributed by atoms with Crippen molar-refractivity contribution >= 4 is 28.6 Å². The molecule has 1 aromatic heterocycles. The lowest BCUT2D eigenvalue weighted by Crippen LogP contribution is -2.49. The van der Waals surface area contributed by atoms with Gasteiger partial charge in [-0.1, -0.05) is 48.5 Å². The fourth-order valence-electron chi connectivity index (χ4n) is 4.44. The minimum atomic E-state index is 0.0589. The number of benzene rings is 3. The summed E-state index contributed by atoms with van der Waals surface area (Å²) in [4.78, 5) is 28.6. The first-order valence-corrected chi connectivity index (χ1v) is 12.4. The Morgan fingerprint density at radius 1 is 0.892 bits per heavy atom. The number of aromatic nitrogens is 2. The smallest absolute Gasteiger partial charge is 0.253 e. The second-order valence-electron chi connectivity index (χ2n) is 9.18. The van der Waals surface area contributed by atoms with Crippen LogP contribution in [0.4, 0.5) is 11.8 Å². The fourth-order valence-corrected chi connectivity index (χ4v) is 4.44. The van der Waals surface area contributed by atoms with Crippen LogP contribution in [0, 0.1) is 0 Å². The molecule has 0 aliphatic carbocycles. The third-order valence-corrected chi connectivity index (χ3v) is 6.47. The van der Waals surface area contributed by atoms with Crippen molar-refractivity contribution in [1.82, 2.24) is 14.9 Å². The summed E-state index contributed by atoms with van der Waals surface area (Å²) in [5.74, 6) is 2.76. The van der Waals surface area contributed by atoms with Gasteiger partial charge in [0.1, 0.15) is 12.4 Å². The van der Waals surface area contributed by atoms with Crippen molar-refractivity contribution in [3.8, 4) is 11.5 Å². The molecule has 0 unspecified atom stereocenters. The molecule has 0 saturated carbocycles. The summed E-state index contributed by atoms with van der Waals surface area (Å²) in [6.45, 7) is 3.01. The van der Waals surface area contributed by atoms with Gasteiger partial charge in [0.2, 0.25) is 5.95 Å². The summed E-state index contributed by atoms with van der Waals surface area (Å²) in [7, 11) is 5.49. The molecule has 5 rings (SSSR count). The van der Waals surface area contributed by atoms with Crippen LogP contribution in [-0.2, 0) is 6.61 Å². The molecule has 37 heavy (non-hydrogen) atoms. The van der Waals surface area contributed by atoms with E-state index in [9.17, 15) is 4.79 Å². The number of ether oxygens (including phenoxy) is 2. The number of hydrogen-bond donors (Lipinski definition) is 0. The van der Waals surface area contributed by atoms with Crippen LogP contribution in [0.2, 0.25) is 0 Å². The number of fused-ring (bicyclic) bond motifs is 1. The zero-order chi connectivity index (χ0) is 25.8. The lowest BCUT2D eigenvalue weighted by Gasteiger charge is -2.36. The average Bonchev–Trinajstić information content (AvgIpc) is 2.95. The highest BCUT2D eigenvalue weighted by atomic mass is 16.5. The molecule has 8 heteroatoms. The Labute approximate surface area is 217 Å². The van der Waals surface area contributed by atoms with Crippen molar-refractivity contribution in [3.05, 3.63) is 83.9 Å². The summed E-state index contributed by atoms with van der Waals surface area (Å²) >= 11 is 0. The van der Waals surface area contributed by atoms with Gasteiger partial charge in [-0.15, -0.1) is 0 Å². The van der Waals surface area contributed by atoms with Crippen LogP contribution in [0.25, 0.3) is 10.9 Å². The number of carbonyl (C=O) groups excluding carboxylic acids is 1. The largest absolute Gasteiger partial charge is 0.493 e. The molecule has 0 spiro atoms. The molecule has 4 aromatic rings. The fraction of sp³-hybridized carbons (Fsp3) is 0.276. The maximum atomic E-state index is 12.9. The number of methoxy groups -OCH3 is 1. The van der Waals surface area contributed by atoms with Gasteiger partial charge in [-0.2, -0.15) is 4.98 Å². The molecule has 0 N–H and O–H groups in total. The Bertz CT molecular complexity index is 1370. The van der Waals surface area contributed by atoms with Gasteiger partial charge < -0.3 is 24.2 Å². The molecule has 1 saturated heterocycles. The second-order valence-corrected chi connectivity index (χ2v) is 9.18. The van der Waals surface area contributed by atoms with E-state index in [1.54, 1.807) is 7.11 Å². The number of carbonyl (C=O) groups is 1. The predicted molar refractivity (Wildman–Crippen MR) is 146 cm³/mol. The molecule has 1 aliphatic rings. The zero-order valence-electron chi connectivity index (χ0n) is 21.4. The zero-order valence-corrected chi connectivity index (χ0v) is 21.4. The summed E-state index contributed by atoms with van der Waals surface area (Å²) < 4.78 is 11.8. The first-order valence-electron chi connectivity index (χ1n) is 12.4. The topological polar surface area (TPSA) is 71.0 Å². The monoisotopic (exact) mass is 497 g/mol. The van der Waals surface area contributed by atoms with E-state index in [0.29, 0.717) is 55.8 Å². The Morgan fingerprint density at radius 2 is 1.57 bits per heavy atom. The Hall–Kier alpha value is -4.33. The molecule has 8 nitrogen and oxygen atoms in total. The first-order chi connectivity index (χ1) is 18.0. The van der Waals surface area contributed by atoms with Gasteiger partial charge in [0.05, 0.1) is 12.6 Å². The molecule has 1 fully saturated rings. The number of rotatable bonds is 7. The van der Waals surface area contributed by atoms with E-state index in [4.69, 9.17) is 19.4 Å². The highest BCUT2D eigenvalue weighted by Crippen LogP contribution is 2.37. The van der Waals surface area contributed by atoms with E-state index in [0.717, 1.165) is 22.3 Å². The molecule has 190 valence electrons. The lowest BCUT2D eigenvalue weighted by atomic mass is 10.1. The molecule has 0 radical (unpaired) electrons. The number of piperazine rings is 1. The summed E-state index contributed by atoms with van der Waals surface area (Å²) in [5.41, 5.74) is 2.57. The van der Waals surface area contributed by atoms with Crippen LogP contribution in [0.1, 0.15) is 15.9 Å². The predicted octanol–water partition coefficient (Wildman–Crippen LogP) is 4.25. The van der Waals surface area contributed by atoms with Gasteiger partial charge >= 0.3 is 0 Å². The molecular formula is C29H31N5O3. The highest BCUT2D eigenvalue weighted by Gasteiger charge is 2.25. The average molecular weight is 498 g/mol. The van der Waals surface area contributed by atoms with Gasteiger partial charge in [0.15, 0.2) is 11.5 Å². The van der Waals surface area contributed by atoms with Gasteiger partial charge in [-0.3, -0.25) is 4.79 Å². The van der Waals surface area contributed by atoms with Crippen LogP contribution in [0.5, 0.6) is 11.5 Å². The summed E-state index contributed by atoms with van der Waals surface area (Å²) in [6, 6.07) is 23.3. The van der Waals surface area contributed by atoms with E-state index in [1.165, 1.54) is 0 Å². The molecular weight excluding hydrogens is 466 g/mol. The van der Waals surface area contributed by atoms with Crippen LogP contribution in [0.3, 0.4) is 0 Å². The quantitative estimate of drug-likeness (QED) is 0.378. The normalized spacial score (nSPS) is 13.5. The first kappa shape index (κ1) is 24.4. The van der Waals surface area contributed by atoms with E-state index >= 15 is 0 Å². The number of nitrogens with zero attached hydrogens (tertiary/aromatic N) is 5. The Morgan fingerprint density at radius 3 is 2.22 bits per heavy atom. The van der Waals surface area contributed by atoms with E-state index < -0.39 is 0 Å². The van der Waals surface area contributed by atoms with Gasteiger partial charge in [0, 0.05) is 57.3 Å². The molecule has 2 heterocycles. The summed E-state index contributed by atoms with van der Waals surface area (Å²) in [6.07, 6.45) is 0. The third-order valence-electron chi connectivity index (χ3n) is 6.47. The Kier molecular flexibility index (Phi) is 7.07. The van der Waals surface area contributed by atoms with Crippen molar-refractivity contribution < 1.29 is 14.3 Å². The van der Waals surface area contributed by atoms with E-state index in [1.807, 2.05) is 96.7 Å². The van der Waals surface area contributed by atoms with Crippen LogP contribution >= 0.6 is 0 Å². The maximum Gasteiger partial charge on any atom is 0.253 e. The maximum absolute atomic E-state index is 12.9. The van der Waals surface area contributed by atoms with Crippen LogP contribution in [-0.4, -0.2) is 68.2 Å². The minimum Gasteiger partial charge on any atom is -0.493 e. The SMILES string of the molecule is COc1cc2c(N3CCN(C(=O)c4ccccc4)CC3)nc(N(C)C)nc2cc1OCc1ccccc1. The molecule has 3 aromatic carbocycles. The van der Waals surface area contributed by atoms with Gasteiger partial charge in [-0.25, -0.2) is 4.98 Å². The number of hydrogen-bond acceptors (Lipinski definition) is 7. The number of amides is 1. The second kappa shape index (κ2) is 10.7. The van der Waals surface area contributed by atoms with Crippen molar-refractivity contribution in [2.75, 3.05) is 57.2 Å². The third kappa shape index (κ3) is 5.28. The van der Waals surface area contributed by atoms with E-state index in [2.05, 4.69) is 4.90 Å². The van der Waals surface area contributed by atoms with Gasteiger partial charge in [0.25, 0.3) is 5.91 Å². The van der Waals surface area contributed by atoms with Crippen LogP contribution in [0.15, 0.2) is 72.8 Å². The summed E-state index contributed by atoms with van der Waals surface area (Å²) in [5, 5.41) is 0.886. The van der Waals surface area contributed by atoms with Crippen molar-refractivity contribution in [2.24, 2.45) is 0 Å². The van der Waals surface area contributed by atoms with Gasteiger partial charge in [-0.05, 0) is 23.8 Å². The minimum absolute atomic E-state index is 0.0589. The van der Waals surface area contributed by atoms with Crippen molar-refractivity contribution in [3.63, 3.8) is 0 Å². The van der Waals surface area contributed by atoms with Crippen molar-refractivity contribution in [1.29, 1.82) is 0 Å². The standard InChI is InChI=1S/C29H31N5O3/c1-32(2)29-30-24-19-26(37-20-21-10-6-4-7-11-21)25(36-3)18-23(24)27(31-29)33-14-16-34(17-15-33)28(35)22-12-8-5-9-13-22/h4-13,18-19H,14-17,20H2,1-3H3.